The summed E-state index contributed by atoms with van der Waals surface area (Å²) in [6, 6.07) is 0. The predicted octanol–water partition coefficient (Wildman–Crippen LogP) is 1.29. The molecule has 3 nitrogen and oxygen atoms in total. The van der Waals surface area contributed by atoms with Gasteiger partial charge in [0.1, 0.15) is 0 Å². The van der Waals surface area contributed by atoms with Crippen molar-refractivity contribution in [1.82, 2.24) is 0 Å². The van der Waals surface area contributed by atoms with Gasteiger partial charge in [-0.25, -0.2) is 4.79 Å². The van der Waals surface area contributed by atoms with Gasteiger partial charge in [-0.05, 0) is 19.3 Å². The Bertz CT molecular complexity index is 155. The molecule has 0 amide bonds. The third-order valence-corrected chi connectivity index (χ3v) is 1.73. The molecule has 0 aliphatic carbocycles. The van der Waals surface area contributed by atoms with Crippen LogP contribution in [0, 0.1) is 0 Å². The number of rotatable bonds is 0. The van der Waals surface area contributed by atoms with Gasteiger partial charge < -0.3 is 9.47 Å². The van der Waals surface area contributed by atoms with Crippen LogP contribution in [0.5, 0.6) is 0 Å². The maximum atomic E-state index is 11.0. The maximum Gasteiger partial charge on any atom is 0.335 e. The zero-order valence-electron chi connectivity index (χ0n) is 7.17. The highest BCUT2D eigenvalue weighted by molar-refractivity contribution is 5.87. The summed E-state index contributed by atoms with van der Waals surface area (Å²) in [4.78, 5) is 11.0. The zero-order valence-corrected chi connectivity index (χ0v) is 7.17. The topological polar surface area (TPSA) is 35.5 Å². The van der Waals surface area contributed by atoms with E-state index in [0.29, 0.717) is 25.4 Å². The second-order valence-corrected chi connectivity index (χ2v) is 2.85. The Labute approximate surface area is 72.4 Å². The number of ether oxygens (including phenoxy) is 2. The van der Waals surface area contributed by atoms with Crippen LogP contribution in [0.3, 0.4) is 0 Å². The molecule has 3 heteroatoms. The average Bonchev–Trinajstić information content (AvgIpc) is 2.08. The Hall–Kier alpha value is -0.830. The molecule has 1 heterocycles. The summed E-state index contributed by atoms with van der Waals surface area (Å²) < 4.78 is 10.1. The van der Waals surface area contributed by atoms with Crippen LogP contribution < -0.4 is 0 Å². The van der Waals surface area contributed by atoms with Crippen molar-refractivity contribution in [3.05, 3.63) is 12.2 Å². The van der Waals surface area contributed by atoms with Crippen LogP contribution in [0.15, 0.2) is 12.2 Å². The number of hydrogen-bond donors (Lipinski definition) is 0. The third kappa shape index (κ3) is 3.05. The van der Waals surface area contributed by atoms with Crippen LogP contribution in [0.2, 0.25) is 0 Å². The van der Waals surface area contributed by atoms with E-state index < -0.39 is 0 Å². The quantitative estimate of drug-likeness (QED) is 0.406. The van der Waals surface area contributed by atoms with Crippen molar-refractivity contribution >= 4 is 5.97 Å². The number of hydrogen-bond acceptors (Lipinski definition) is 3. The van der Waals surface area contributed by atoms with Gasteiger partial charge in [0, 0.05) is 6.61 Å². The van der Waals surface area contributed by atoms with Gasteiger partial charge in [-0.3, -0.25) is 0 Å². The molecular weight excluding hydrogens is 156 g/mol. The number of cyclic esters (lactones) is 1. The van der Waals surface area contributed by atoms with Gasteiger partial charge in [-0.15, -0.1) is 0 Å². The van der Waals surface area contributed by atoms with E-state index in [2.05, 4.69) is 6.58 Å². The lowest BCUT2D eigenvalue weighted by atomic mass is 10.2. The molecule has 0 radical (unpaired) electrons. The lowest BCUT2D eigenvalue weighted by Crippen LogP contribution is -2.14. The van der Waals surface area contributed by atoms with E-state index in [0.717, 1.165) is 19.3 Å². The fourth-order valence-corrected chi connectivity index (χ4v) is 1.00. The zero-order chi connectivity index (χ0) is 8.81. The van der Waals surface area contributed by atoms with E-state index in [1.165, 1.54) is 0 Å². The van der Waals surface area contributed by atoms with Crippen LogP contribution in [0.4, 0.5) is 0 Å². The Kier molecular flexibility index (Phi) is 3.80. The minimum Gasteiger partial charge on any atom is -0.462 e. The molecule has 68 valence electrons. The van der Waals surface area contributed by atoms with Gasteiger partial charge in [0.15, 0.2) is 0 Å². The van der Waals surface area contributed by atoms with E-state index in [1.54, 1.807) is 0 Å². The normalized spacial score (nSPS) is 21.7. The molecular formula is C9H14O3. The monoisotopic (exact) mass is 170 g/mol. The first-order valence-corrected chi connectivity index (χ1v) is 4.23. The van der Waals surface area contributed by atoms with Gasteiger partial charge in [-0.2, -0.15) is 0 Å². The smallest absolute Gasteiger partial charge is 0.335 e. The molecule has 1 fully saturated rings. The minimum atomic E-state index is -0.322. The standard InChI is InChI=1S/C9H14O3/c1-8-7-11-5-3-2-4-6-12-9(8)10/h1-7H2. The molecule has 0 atom stereocenters. The first-order valence-electron chi connectivity index (χ1n) is 4.23. The highest BCUT2D eigenvalue weighted by atomic mass is 16.5. The van der Waals surface area contributed by atoms with Crippen molar-refractivity contribution in [2.75, 3.05) is 19.8 Å². The van der Waals surface area contributed by atoms with Crippen LogP contribution in [0.1, 0.15) is 19.3 Å². The summed E-state index contributed by atoms with van der Waals surface area (Å²) in [5.74, 6) is -0.322. The molecule has 0 aromatic carbocycles. The van der Waals surface area contributed by atoms with Crippen LogP contribution in [-0.4, -0.2) is 25.8 Å². The molecule has 0 saturated carbocycles. The molecule has 12 heavy (non-hydrogen) atoms. The van der Waals surface area contributed by atoms with E-state index in [9.17, 15) is 4.79 Å². The summed E-state index contributed by atoms with van der Waals surface area (Å²) in [5, 5.41) is 0. The second kappa shape index (κ2) is 4.93. The molecule has 0 unspecified atom stereocenters. The highest BCUT2D eigenvalue weighted by Gasteiger charge is 2.09. The van der Waals surface area contributed by atoms with Gasteiger partial charge >= 0.3 is 5.97 Å². The largest absolute Gasteiger partial charge is 0.462 e. The van der Waals surface area contributed by atoms with Crippen molar-refractivity contribution in [1.29, 1.82) is 0 Å². The van der Waals surface area contributed by atoms with Gasteiger partial charge in [0.05, 0.1) is 18.8 Å². The fraction of sp³-hybridized carbons (Fsp3) is 0.667. The van der Waals surface area contributed by atoms with Crippen molar-refractivity contribution in [2.45, 2.75) is 19.3 Å². The predicted molar refractivity (Wildman–Crippen MR) is 44.8 cm³/mol. The summed E-state index contributed by atoms with van der Waals surface area (Å²) in [7, 11) is 0. The van der Waals surface area contributed by atoms with Crippen molar-refractivity contribution in [3.8, 4) is 0 Å². The van der Waals surface area contributed by atoms with Crippen LogP contribution >= 0.6 is 0 Å². The van der Waals surface area contributed by atoms with E-state index in [4.69, 9.17) is 9.47 Å². The Morgan fingerprint density at radius 3 is 2.75 bits per heavy atom. The SMILES string of the molecule is C=C1COCCCCCOC1=O. The van der Waals surface area contributed by atoms with E-state index >= 15 is 0 Å². The molecule has 1 rings (SSSR count). The second-order valence-electron chi connectivity index (χ2n) is 2.85. The summed E-state index contributed by atoms with van der Waals surface area (Å²) in [6.45, 7) is 5.10. The fourth-order valence-electron chi connectivity index (χ4n) is 1.00. The summed E-state index contributed by atoms with van der Waals surface area (Å²) in [5.41, 5.74) is 0.414. The molecule has 0 N–H and O–H groups in total. The summed E-state index contributed by atoms with van der Waals surface area (Å²) in [6.07, 6.45) is 3.01. The van der Waals surface area contributed by atoms with Crippen molar-refractivity contribution in [3.63, 3.8) is 0 Å². The lowest BCUT2D eigenvalue weighted by Gasteiger charge is -2.10. The van der Waals surface area contributed by atoms with E-state index in [-0.39, 0.29) is 5.97 Å². The van der Waals surface area contributed by atoms with Crippen molar-refractivity contribution < 1.29 is 14.3 Å². The average molecular weight is 170 g/mol. The number of carbonyl (C=O) groups is 1. The van der Waals surface area contributed by atoms with Gasteiger partial charge in [0.2, 0.25) is 0 Å². The van der Waals surface area contributed by atoms with E-state index in [1.807, 2.05) is 0 Å². The van der Waals surface area contributed by atoms with Gasteiger partial charge in [-0.1, -0.05) is 6.58 Å². The maximum absolute atomic E-state index is 11.0. The molecule has 0 spiro atoms. The Morgan fingerprint density at radius 2 is 1.92 bits per heavy atom. The molecule has 0 aromatic rings. The lowest BCUT2D eigenvalue weighted by molar-refractivity contribution is -0.140. The molecule has 1 aliphatic rings. The molecule has 1 aliphatic heterocycles. The number of esters is 1. The Morgan fingerprint density at radius 1 is 1.17 bits per heavy atom. The molecule has 0 aromatic heterocycles. The third-order valence-electron chi connectivity index (χ3n) is 1.73. The van der Waals surface area contributed by atoms with Crippen molar-refractivity contribution in [2.24, 2.45) is 0 Å². The van der Waals surface area contributed by atoms with Gasteiger partial charge in [0.25, 0.3) is 0 Å². The summed E-state index contributed by atoms with van der Waals surface area (Å²) >= 11 is 0. The highest BCUT2D eigenvalue weighted by Crippen LogP contribution is 2.04. The molecule has 1 saturated heterocycles. The minimum absolute atomic E-state index is 0.304. The first kappa shape index (κ1) is 9.26. The van der Waals surface area contributed by atoms with Crippen LogP contribution in [-0.2, 0) is 14.3 Å². The van der Waals surface area contributed by atoms with Crippen LogP contribution in [0.25, 0.3) is 0 Å². The Balaban J connectivity index is 2.36. The number of carbonyl (C=O) groups excluding carboxylic acids is 1. The molecule has 0 bridgehead atoms. The first-order chi connectivity index (χ1) is 5.80.